The van der Waals surface area contributed by atoms with E-state index in [1.54, 1.807) is 19.1 Å². The Morgan fingerprint density at radius 3 is 2.50 bits per heavy atom. The molecule has 0 N–H and O–H groups in total. The van der Waals surface area contributed by atoms with Gasteiger partial charge in [-0.2, -0.15) is 0 Å². The summed E-state index contributed by atoms with van der Waals surface area (Å²) in [4.78, 5) is 11.8. The summed E-state index contributed by atoms with van der Waals surface area (Å²) < 4.78 is 33.1. The maximum atomic E-state index is 14.0. The summed E-state index contributed by atoms with van der Waals surface area (Å²) in [5.74, 6) is -1.68. The maximum absolute atomic E-state index is 14.0. The predicted molar refractivity (Wildman–Crippen MR) is 79.3 cm³/mol. The second-order valence-corrected chi connectivity index (χ2v) is 5.38. The summed E-state index contributed by atoms with van der Waals surface area (Å²) >= 11 is 0. The van der Waals surface area contributed by atoms with Crippen LogP contribution in [0.1, 0.15) is 24.8 Å². The number of rotatable bonds is 4. The minimum atomic E-state index is -0.596. The van der Waals surface area contributed by atoms with Gasteiger partial charge in [-0.15, -0.1) is 0 Å². The number of halogens is 2. The lowest BCUT2D eigenvalue weighted by atomic mass is 9.95. The van der Waals surface area contributed by atoms with Crippen molar-refractivity contribution in [2.75, 3.05) is 6.61 Å². The molecule has 0 saturated heterocycles. The first kappa shape index (κ1) is 14.7. The van der Waals surface area contributed by atoms with E-state index in [1.807, 2.05) is 12.1 Å². The molecule has 0 aromatic heterocycles. The van der Waals surface area contributed by atoms with Gasteiger partial charge in [-0.1, -0.05) is 30.3 Å². The normalized spacial score (nSPS) is 19.8. The predicted octanol–water partition coefficient (Wildman–Crippen LogP) is 4.30. The standard InChI is InChI=1S/C18H16F2O2/c1-2-22-18(21)14-10-13(14)11-6-3-4-7-12(11)17-15(19)8-5-9-16(17)20/h3-9,13-14H,2,10H2,1H3/t13-,14+/m1/s1. The van der Waals surface area contributed by atoms with Crippen LogP contribution in [0.15, 0.2) is 42.5 Å². The molecule has 0 amide bonds. The highest BCUT2D eigenvalue weighted by Gasteiger charge is 2.46. The molecule has 3 rings (SSSR count). The molecule has 0 aliphatic heterocycles. The van der Waals surface area contributed by atoms with Gasteiger partial charge in [0.2, 0.25) is 0 Å². The van der Waals surface area contributed by atoms with Crippen LogP contribution in [0.3, 0.4) is 0 Å². The van der Waals surface area contributed by atoms with Gasteiger partial charge < -0.3 is 4.74 Å². The minimum Gasteiger partial charge on any atom is -0.466 e. The SMILES string of the molecule is CCOC(=O)[C@H]1C[C@@H]1c1ccccc1-c1c(F)cccc1F. The second kappa shape index (κ2) is 5.87. The summed E-state index contributed by atoms with van der Waals surface area (Å²) in [6, 6.07) is 10.9. The molecule has 1 saturated carbocycles. The largest absolute Gasteiger partial charge is 0.466 e. The van der Waals surface area contributed by atoms with Gasteiger partial charge in [-0.25, -0.2) is 8.78 Å². The first-order valence-corrected chi connectivity index (χ1v) is 7.33. The Kier molecular flexibility index (Phi) is 3.92. The molecule has 2 aromatic rings. The Morgan fingerprint density at radius 2 is 1.82 bits per heavy atom. The zero-order valence-electron chi connectivity index (χ0n) is 12.2. The summed E-state index contributed by atoms with van der Waals surface area (Å²) in [6.45, 7) is 2.10. The second-order valence-electron chi connectivity index (χ2n) is 5.38. The van der Waals surface area contributed by atoms with Gasteiger partial charge in [0, 0.05) is 0 Å². The fourth-order valence-corrected chi connectivity index (χ4v) is 2.85. The van der Waals surface area contributed by atoms with Crippen LogP contribution in [-0.2, 0) is 9.53 Å². The highest BCUT2D eigenvalue weighted by atomic mass is 19.1. The fourth-order valence-electron chi connectivity index (χ4n) is 2.85. The zero-order valence-corrected chi connectivity index (χ0v) is 12.2. The molecule has 4 heteroatoms. The number of benzene rings is 2. The molecule has 2 atom stereocenters. The van der Waals surface area contributed by atoms with E-state index in [2.05, 4.69) is 0 Å². The molecule has 22 heavy (non-hydrogen) atoms. The van der Waals surface area contributed by atoms with E-state index in [1.165, 1.54) is 18.2 Å². The number of esters is 1. The van der Waals surface area contributed by atoms with Gasteiger partial charge in [-0.3, -0.25) is 4.79 Å². The van der Waals surface area contributed by atoms with Gasteiger partial charge in [0.15, 0.2) is 0 Å². The number of hydrogen-bond acceptors (Lipinski definition) is 2. The molecule has 2 nitrogen and oxygen atoms in total. The molecular formula is C18H16F2O2. The summed E-state index contributed by atoms with van der Waals surface area (Å²) in [5.41, 5.74) is 1.27. The first-order chi connectivity index (χ1) is 10.6. The molecule has 0 radical (unpaired) electrons. The number of ether oxygens (including phenoxy) is 1. The highest BCUT2D eigenvalue weighted by molar-refractivity contribution is 5.79. The van der Waals surface area contributed by atoms with Crippen LogP contribution in [0.25, 0.3) is 11.1 Å². The lowest BCUT2D eigenvalue weighted by Crippen LogP contribution is -2.07. The molecule has 1 fully saturated rings. The van der Waals surface area contributed by atoms with Crippen molar-refractivity contribution in [3.63, 3.8) is 0 Å². The van der Waals surface area contributed by atoms with Crippen LogP contribution in [0.5, 0.6) is 0 Å². The molecule has 114 valence electrons. The summed E-state index contributed by atoms with van der Waals surface area (Å²) in [6.07, 6.45) is 0.659. The van der Waals surface area contributed by atoms with Crippen molar-refractivity contribution in [2.24, 2.45) is 5.92 Å². The Labute approximate surface area is 127 Å². The van der Waals surface area contributed by atoms with E-state index in [0.29, 0.717) is 18.6 Å². The van der Waals surface area contributed by atoms with Crippen LogP contribution in [0.2, 0.25) is 0 Å². The highest BCUT2D eigenvalue weighted by Crippen LogP contribution is 2.51. The van der Waals surface area contributed by atoms with Gasteiger partial charge in [0.1, 0.15) is 11.6 Å². The molecule has 0 spiro atoms. The quantitative estimate of drug-likeness (QED) is 0.787. The van der Waals surface area contributed by atoms with Crippen molar-refractivity contribution in [1.29, 1.82) is 0 Å². The summed E-state index contributed by atoms with van der Waals surface area (Å²) in [5, 5.41) is 0. The average Bonchev–Trinajstić information content (AvgIpc) is 3.28. The molecule has 1 aliphatic carbocycles. The third-order valence-electron chi connectivity index (χ3n) is 3.97. The van der Waals surface area contributed by atoms with Crippen LogP contribution in [0, 0.1) is 17.6 Å². The Bertz CT molecular complexity index is 692. The number of carbonyl (C=O) groups is 1. The molecule has 2 aromatic carbocycles. The Morgan fingerprint density at radius 1 is 1.14 bits per heavy atom. The van der Waals surface area contributed by atoms with E-state index >= 15 is 0 Å². The van der Waals surface area contributed by atoms with Crippen molar-refractivity contribution in [1.82, 2.24) is 0 Å². The zero-order chi connectivity index (χ0) is 15.7. The lowest BCUT2D eigenvalue weighted by Gasteiger charge is -2.11. The van der Waals surface area contributed by atoms with Crippen LogP contribution in [-0.4, -0.2) is 12.6 Å². The van der Waals surface area contributed by atoms with Crippen molar-refractivity contribution in [3.05, 3.63) is 59.7 Å². The van der Waals surface area contributed by atoms with E-state index in [0.717, 1.165) is 5.56 Å². The van der Waals surface area contributed by atoms with E-state index in [9.17, 15) is 13.6 Å². The third-order valence-corrected chi connectivity index (χ3v) is 3.97. The Hall–Kier alpha value is -2.23. The first-order valence-electron chi connectivity index (χ1n) is 7.33. The topological polar surface area (TPSA) is 26.3 Å². The van der Waals surface area contributed by atoms with Gasteiger partial charge in [0.05, 0.1) is 18.1 Å². The Balaban J connectivity index is 1.97. The van der Waals surface area contributed by atoms with Crippen LogP contribution < -0.4 is 0 Å². The van der Waals surface area contributed by atoms with Gasteiger partial charge in [0.25, 0.3) is 0 Å². The molecule has 1 aliphatic rings. The number of carbonyl (C=O) groups excluding carboxylic acids is 1. The molecule has 0 unspecified atom stereocenters. The minimum absolute atomic E-state index is 0.0331. The lowest BCUT2D eigenvalue weighted by molar-refractivity contribution is -0.144. The average molecular weight is 302 g/mol. The summed E-state index contributed by atoms with van der Waals surface area (Å²) in [7, 11) is 0. The molecular weight excluding hydrogens is 286 g/mol. The van der Waals surface area contributed by atoms with Crippen molar-refractivity contribution in [3.8, 4) is 11.1 Å². The monoisotopic (exact) mass is 302 g/mol. The maximum Gasteiger partial charge on any atom is 0.309 e. The van der Waals surface area contributed by atoms with E-state index in [4.69, 9.17) is 4.74 Å². The van der Waals surface area contributed by atoms with E-state index in [-0.39, 0.29) is 23.4 Å². The van der Waals surface area contributed by atoms with Crippen molar-refractivity contribution in [2.45, 2.75) is 19.3 Å². The fraction of sp³-hybridized carbons (Fsp3) is 0.278. The van der Waals surface area contributed by atoms with Crippen molar-refractivity contribution >= 4 is 5.97 Å². The van der Waals surface area contributed by atoms with Crippen LogP contribution >= 0.6 is 0 Å². The molecule has 0 heterocycles. The van der Waals surface area contributed by atoms with Gasteiger partial charge in [-0.05, 0) is 42.5 Å². The van der Waals surface area contributed by atoms with Crippen LogP contribution in [0.4, 0.5) is 8.78 Å². The van der Waals surface area contributed by atoms with E-state index < -0.39 is 11.6 Å². The third kappa shape index (κ3) is 2.61. The molecule has 0 bridgehead atoms. The number of hydrogen-bond donors (Lipinski definition) is 0. The smallest absolute Gasteiger partial charge is 0.309 e. The van der Waals surface area contributed by atoms with Gasteiger partial charge >= 0.3 is 5.97 Å². The van der Waals surface area contributed by atoms with Crippen molar-refractivity contribution < 1.29 is 18.3 Å².